The number of pyridine rings is 2. The number of aromatic nitrogens is 4. The minimum atomic E-state index is -2.87. The zero-order chi connectivity index (χ0) is 28.8. The number of hydrogen-bond acceptors (Lipinski definition) is 8. The zero-order valence-corrected chi connectivity index (χ0v) is 24.5. The van der Waals surface area contributed by atoms with Crippen molar-refractivity contribution in [3.05, 3.63) is 77.9 Å². The molecule has 214 valence electrons. The van der Waals surface area contributed by atoms with E-state index in [0.717, 1.165) is 62.4 Å². The first-order chi connectivity index (χ1) is 19.6. The fourth-order valence-corrected chi connectivity index (χ4v) is 6.61. The Bertz CT molecular complexity index is 1700. The van der Waals surface area contributed by atoms with E-state index in [-0.39, 0.29) is 28.2 Å². The molecule has 4 aromatic rings. The van der Waals surface area contributed by atoms with Gasteiger partial charge >= 0.3 is 0 Å². The number of nitrogens with zero attached hydrogens (tertiary/aromatic N) is 6. The van der Waals surface area contributed by atoms with E-state index >= 15 is 0 Å². The number of fused-ring (bicyclic) bond motifs is 1. The van der Waals surface area contributed by atoms with Crippen molar-refractivity contribution in [1.82, 2.24) is 24.9 Å². The van der Waals surface area contributed by atoms with Gasteiger partial charge in [0.25, 0.3) is 5.91 Å². The molecule has 3 aromatic heterocycles. The van der Waals surface area contributed by atoms with E-state index in [9.17, 15) is 9.00 Å². The molecule has 0 bridgehead atoms. The van der Waals surface area contributed by atoms with Crippen LogP contribution in [-0.4, -0.2) is 68.2 Å². The molecule has 0 spiro atoms. The van der Waals surface area contributed by atoms with Gasteiger partial charge < -0.3 is 15.1 Å². The lowest BCUT2D eigenvalue weighted by Crippen LogP contribution is -2.45. The Morgan fingerprint density at radius 1 is 1.07 bits per heavy atom. The van der Waals surface area contributed by atoms with Crippen molar-refractivity contribution in [2.45, 2.75) is 49.6 Å². The summed E-state index contributed by atoms with van der Waals surface area (Å²) >= 11 is 0. The molecule has 41 heavy (non-hydrogen) atoms. The van der Waals surface area contributed by atoms with Gasteiger partial charge in [-0.05, 0) is 55.5 Å². The predicted molar refractivity (Wildman–Crippen MR) is 160 cm³/mol. The molecule has 0 aliphatic carbocycles. The summed E-state index contributed by atoms with van der Waals surface area (Å²) in [5.41, 5.74) is 5.10. The van der Waals surface area contributed by atoms with E-state index in [1.807, 2.05) is 19.2 Å². The van der Waals surface area contributed by atoms with E-state index < -0.39 is 9.73 Å². The molecular weight excluding hydrogens is 536 g/mol. The molecule has 0 radical (unpaired) electrons. The molecule has 1 amide bonds. The standard InChI is InChI=1S/C30H36N8O2S/c1-21-17-25(37-16-12-30(2,20-37)22-7-5-4-6-8-22)19-38-28(21)34-27(35-38)29(39)33-23-10-14-36(15-11-23)24-9-13-32-26(18-24)41(3,31)40/h4-9,13,17-19,23,31H,10-12,14-16,20H2,1-3H3,(H,33,39)/t30-,41?/m0/s1. The number of aryl methyl sites for hydroxylation is 1. The quantitative estimate of drug-likeness (QED) is 0.358. The van der Waals surface area contributed by atoms with Gasteiger partial charge in [-0.3, -0.25) is 4.79 Å². The Morgan fingerprint density at radius 3 is 2.56 bits per heavy atom. The van der Waals surface area contributed by atoms with E-state index in [0.29, 0.717) is 5.65 Å². The number of carbonyl (C=O) groups is 1. The molecule has 2 aliphatic rings. The predicted octanol–water partition coefficient (Wildman–Crippen LogP) is 4.03. The van der Waals surface area contributed by atoms with Crippen LogP contribution in [0.15, 0.2) is 66.0 Å². The second kappa shape index (κ2) is 10.4. The molecule has 2 N–H and O–H groups in total. The topological polar surface area (TPSA) is 120 Å². The van der Waals surface area contributed by atoms with Crippen LogP contribution in [0.25, 0.3) is 5.65 Å². The molecule has 0 saturated carbocycles. The summed E-state index contributed by atoms with van der Waals surface area (Å²) in [7, 11) is -2.87. The highest BCUT2D eigenvalue weighted by Crippen LogP contribution is 2.36. The number of rotatable bonds is 6. The average Bonchev–Trinajstić information content (AvgIpc) is 3.59. The van der Waals surface area contributed by atoms with Crippen LogP contribution in [-0.2, 0) is 15.1 Å². The Morgan fingerprint density at radius 2 is 1.83 bits per heavy atom. The van der Waals surface area contributed by atoms with Gasteiger partial charge in [-0.25, -0.2) is 23.5 Å². The third-order valence-electron chi connectivity index (χ3n) is 8.43. The molecule has 6 rings (SSSR count). The van der Waals surface area contributed by atoms with Crippen LogP contribution in [0.3, 0.4) is 0 Å². The van der Waals surface area contributed by atoms with E-state index in [1.165, 1.54) is 11.8 Å². The normalized spacial score (nSPS) is 21.2. The fraction of sp³-hybridized carbons (Fsp3) is 0.400. The monoisotopic (exact) mass is 572 g/mol. The van der Waals surface area contributed by atoms with Crippen LogP contribution < -0.4 is 15.1 Å². The molecule has 5 heterocycles. The van der Waals surface area contributed by atoms with Crippen molar-refractivity contribution in [2.24, 2.45) is 0 Å². The Balaban J connectivity index is 1.11. The van der Waals surface area contributed by atoms with Crippen molar-refractivity contribution in [2.75, 3.05) is 42.2 Å². The van der Waals surface area contributed by atoms with Crippen molar-refractivity contribution in [3.8, 4) is 0 Å². The number of benzene rings is 1. The van der Waals surface area contributed by atoms with E-state index in [2.05, 4.69) is 73.5 Å². The first kappa shape index (κ1) is 27.2. The molecule has 2 fully saturated rings. The summed E-state index contributed by atoms with van der Waals surface area (Å²) in [6, 6.07) is 16.4. The summed E-state index contributed by atoms with van der Waals surface area (Å²) in [5.74, 6) is -0.0906. The van der Waals surface area contributed by atoms with Gasteiger partial charge in [0.2, 0.25) is 5.82 Å². The van der Waals surface area contributed by atoms with Crippen LogP contribution in [0.2, 0.25) is 0 Å². The summed E-state index contributed by atoms with van der Waals surface area (Å²) < 4.78 is 21.7. The Labute approximate surface area is 240 Å². The largest absolute Gasteiger partial charge is 0.371 e. The maximum Gasteiger partial charge on any atom is 0.291 e. The number of nitrogens with one attached hydrogen (secondary N) is 2. The summed E-state index contributed by atoms with van der Waals surface area (Å²) in [4.78, 5) is 26.4. The van der Waals surface area contributed by atoms with Crippen LogP contribution >= 0.6 is 0 Å². The SMILES string of the molecule is Cc1cc(N2CC[C@](C)(c3ccccc3)C2)cn2nc(C(=O)NC3CCN(c4ccnc(S(C)(=N)=O)c4)CC3)nc12. The van der Waals surface area contributed by atoms with Gasteiger partial charge in [0.1, 0.15) is 5.03 Å². The Kier molecular flexibility index (Phi) is 6.93. The highest BCUT2D eigenvalue weighted by atomic mass is 32.2. The minimum Gasteiger partial charge on any atom is -0.371 e. The minimum absolute atomic E-state index is 0.00941. The molecule has 1 aromatic carbocycles. The highest BCUT2D eigenvalue weighted by Gasteiger charge is 2.35. The highest BCUT2D eigenvalue weighted by molar-refractivity contribution is 7.91. The second-order valence-corrected chi connectivity index (χ2v) is 13.7. The van der Waals surface area contributed by atoms with Gasteiger partial charge in [0.05, 0.1) is 21.6 Å². The first-order valence-electron chi connectivity index (χ1n) is 14.0. The molecule has 2 atom stereocenters. The van der Waals surface area contributed by atoms with Gasteiger partial charge in [-0.15, -0.1) is 5.10 Å². The van der Waals surface area contributed by atoms with Crippen LogP contribution in [0.5, 0.6) is 0 Å². The zero-order valence-electron chi connectivity index (χ0n) is 23.7. The smallest absolute Gasteiger partial charge is 0.291 e. The first-order valence-corrected chi connectivity index (χ1v) is 16.0. The number of piperidine rings is 1. The molecule has 2 saturated heterocycles. The molecule has 10 nitrogen and oxygen atoms in total. The maximum atomic E-state index is 13.1. The van der Waals surface area contributed by atoms with Gasteiger partial charge in [0, 0.05) is 55.8 Å². The summed E-state index contributed by atoms with van der Waals surface area (Å²) in [6.45, 7) is 7.68. The molecule has 1 unspecified atom stereocenters. The van der Waals surface area contributed by atoms with E-state index in [4.69, 9.17) is 4.78 Å². The molecular formula is C30H36N8O2S. The number of hydrogen-bond donors (Lipinski definition) is 2. The van der Waals surface area contributed by atoms with Gasteiger partial charge in [-0.1, -0.05) is 37.3 Å². The van der Waals surface area contributed by atoms with Crippen LogP contribution in [0.4, 0.5) is 11.4 Å². The number of carbonyl (C=O) groups excluding carboxylic acids is 1. The second-order valence-electron chi connectivity index (χ2n) is 11.6. The lowest BCUT2D eigenvalue weighted by Gasteiger charge is -2.33. The van der Waals surface area contributed by atoms with Gasteiger partial charge in [-0.2, -0.15) is 0 Å². The average molecular weight is 573 g/mol. The van der Waals surface area contributed by atoms with Crippen molar-refractivity contribution >= 4 is 32.7 Å². The molecule has 11 heteroatoms. The van der Waals surface area contributed by atoms with Crippen molar-refractivity contribution in [1.29, 1.82) is 4.78 Å². The molecule has 2 aliphatic heterocycles. The van der Waals surface area contributed by atoms with Gasteiger partial charge in [0.15, 0.2) is 5.65 Å². The van der Waals surface area contributed by atoms with Crippen molar-refractivity contribution in [3.63, 3.8) is 0 Å². The lowest BCUT2D eigenvalue weighted by atomic mass is 9.82. The third-order valence-corrected chi connectivity index (χ3v) is 9.45. The van der Waals surface area contributed by atoms with Crippen LogP contribution in [0.1, 0.15) is 47.9 Å². The van der Waals surface area contributed by atoms with E-state index in [1.54, 1.807) is 16.8 Å². The number of anilines is 2. The lowest BCUT2D eigenvalue weighted by molar-refractivity contribution is 0.0920. The Hall–Kier alpha value is -3.99. The van der Waals surface area contributed by atoms with Crippen LogP contribution in [0, 0.1) is 11.7 Å². The number of amides is 1. The maximum absolute atomic E-state index is 13.1. The summed E-state index contributed by atoms with van der Waals surface area (Å²) in [6.07, 6.45) is 7.56. The fourth-order valence-electron chi connectivity index (χ4n) is 6.00. The summed E-state index contributed by atoms with van der Waals surface area (Å²) in [5, 5.41) is 7.97. The third kappa shape index (κ3) is 5.50. The van der Waals surface area contributed by atoms with Crippen molar-refractivity contribution < 1.29 is 9.00 Å².